The van der Waals surface area contributed by atoms with Crippen LogP contribution >= 0.6 is 0 Å². The van der Waals surface area contributed by atoms with Crippen LogP contribution in [-0.2, 0) is 0 Å². The summed E-state index contributed by atoms with van der Waals surface area (Å²) in [4.78, 5) is 12.1. The molecule has 0 heterocycles. The highest BCUT2D eigenvalue weighted by Gasteiger charge is 2.30. The lowest BCUT2D eigenvalue weighted by atomic mass is 9.69. The van der Waals surface area contributed by atoms with E-state index in [2.05, 4.69) is 31.3 Å². The van der Waals surface area contributed by atoms with E-state index in [9.17, 15) is 4.79 Å². The number of hydrazone groups is 1. The maximum Gasteiger partial charge on any atom is 0.271 e. The van der Waals surface area contributed by atoms with Gasteiger partial charge in [0, 0.05) is 11.3 Å². The summed E-state index contributed by atoms with van der Waals surface area (Å²) in [6.07, 6.45) is 5.50. The molecule has 4 nitrogen and oxygen atoms in total. The van der Waals surface area contributed by atoms with Crippen LogP contribution in [0.1, 0.15) is 63.2 Å². The summed E-state index contributed by atoms with van der Waals surface area (Å²) in [5.74, 6) is 1.32. The number of methoxy groups -OCH3 is 1. The summed E-state index contributed by atoms with van der Waals surface area (Å²) >= 11 is 0. The Labute approximate surface area is 139 Å². The fourth-order valence-corrected chi connectivity index (χ4v) is 3.07. The Kier molecular flexibility index (Phi) is 5.80. The zero-order chi connectivity index (χ0) is 16.9. The van der Waals surface area contributed by atoms with Crippen LogP contribution in [0.5, 0.6) is 5.75 Å². The van der Waals surface area contributed by atoms with Gasteiger partial charge in [0.25, 0.3) is 5.91 Å². The van der Waals surface area contributed by atoms with Crippen LogP contribution in [0.3, 0.4) is 0 Å². The van der Waals surface area contributed by atoms with Gasteiger partial charge in [-0.2, -0.15) is 5.10 Å². The molecular weight excluding hydrogens is 288 g/mol. The van der Waals surface area contributed by atoms with Crippen molar-refractivity contribution in [2.45, 2.75) is 52.9 Å². The van der Waals surface area contributed by atoms with E-state index >= 15 is 0 Å². The van der Waals surface area contributed by atoms with Crippen molar-refractivity contribution in [1.82, 2.24) is 5.43 Å². The Balaban J connectivity index is 1.87. The minimum atomic E-state index is -0.170. The van der Waals surface area contributed by atoms with Gasteiger partial charge in [-0.15, -0.1) is 0 Å². The molecule has 0 unspecified atom stereocenters. The van der Waals surface area contributed by atoms with Crippen molar-refractivity contribution in [3.05, 3.63) is 29.8 Å². The first kappa shape index (κ1) is 17.5. The first-order valence-electron chi connectivity index (χ1n) is 8.46. The van der Waals surface area contributed by atoms with Crippen LogP contribution in [0, 0.1) is 11.3 Å². The predicted molar refractivity (Wildman–Crippen MR) is 93.9 cm³/mol. The Morgan fingerprint density at radius 3 is 2.39 bits per heavy atom. The number of nitrogens with one attached hydrogen (secondary N) is 1. The molecule has 0 saturated heterocycles. The van der Waals surface area contributed by atoms with Gasteiger partial charge < -0.3 is 4.74 Å². The zero-order valence-electron chi connectivity index (χ0n) is 14.7. The molecule has 126 valence electrons. The van der Waals surface area contributed by atoms with Crippen LogP contribution in [0.4, 0.5) is 0 Å². The van der Waals surface area contributed by atoms with E-state index < -0.39 is 0 Å². The van der Waals surface area contributed by atoms with Crippen molar-refractivity contribution in [2.75, 3.05) is 7.11 Å². The Bertz CT molecular complexity index is 551. The van der Waals surface area contributed by atoms with E-state index in [4.69, 9.17) is 4.74 Å². The van der Waals surface area contributed by atoms with Gasteiger partial charge in [-0.05, 0) is 61.3 Å². The summed E-state index contributed by atoms with van der Waals surface area (Å²) < 4.78 is 5.09. The molecule has 1 amide bonds. The van der Waals surface area contributed by atoms with Gasteiger partial charge in [-0.1, -0.05) is 27.2 Å². The Morgan fingerprint density at radius 1 is 1.26 bits per heavy atom. The average Bonchev–Trinajstić information content (AvgIpc) is 2.60. The van der Waals surface area contributed by atoms with Crippen molar-refractivity contribution in [3.8, 4) is 5.75 Å². The molecule has 2 rings (SSSR count). The molecular formula is C19H28N2O2. The quantitative estimate of drug-likeness (QED) is 0.818. The molecule has 1 fully saturated rings. The third kappa shape index (κ3) is 4.57. The second-order valence-corrected chi connectivity index (χ2v) is 6.96. The minimum absolute atomic E-state index is 0.170. The summed E-state index contributed by atoms with van der Waals surface area (Å²) in [7, 11) is 1.61. The summed E-state index contributed by atoms with van der Waals surface area (Å²) in [6, 6.07) is 7.05. The number of carbonyl (C=O) groups excluding carboxylic acids is 1. The summed E-state index contributed by atoms with van der Waals surface area (Å²) in [6.45, 7) is 6.97. The monoisotopic (exact) mass is 316 g/mol. The van der Waals surface area contributed by atoms with E-state index in [0.29, 0.717) is 11.0 Å². The average molecular weight is 316 g/mol. The maximum absolute atomic E-state index is 12.1. The van der Waals surface area contributed by atoms with E-state index in [1.54, 1.807) is 31.4 Å². The standard InChI is InChI=1S/C19H28N2O2/c1-5-19(2,3)15-8-10-16(11-9-15)20-21-18(22)14-6-12-17(23-4)13-7-14/h6-7,12-13,15H,5,8-11H2,1-4H3,(H,21,22). The van der Waals surface area contributed by atoms with Gasteiger partial charge in [0.1, 0.15) is 5.75 Å². The lowest BCUT2D eigenvalue weighted by molar-refractivity contribution is 0.0954. The lowest BCUT2D eigenvalue weighted by Crippen LogP contribution is -2.29. The van der Waals surface area contributed by atoms with Gasteiger partial charge in [-0.25, -0.2) is 5.43 Å². The molecule has 0 radical (unpaired) electrons. The topological polar surface area (TPSA) is 50.7 Å². The summed E-state index contributed by atoms with van der Waals surface area (Å²) in [5.41, 5.74) is 4.78. The minimum Gasteiger partial charge on any atom is -0.497 e. The Morgan fingerprint density at radius 2 is 1.87 bits per heavy atom. The van der Waals surface area contributed by atoms with Gasteiger partial charge in [0.15, 0.2) is 0 Å². The van der Waals surface area contributed by atoms with Crippen LogP contribution < -0.4 is 10.2 Å². The highest BCUT2D eigenvalue weighted by Crippen LogP contribution is 2.39. The van der Waals surface area contributed by atoms with Crippen molar-refractivity contribution in [2.24, 2.45) is 16.4 Å². The molecule has 0 bridgehead atoms. The molecule has 0 aliphatic heterocycles. The van der Waals surface area contributed by atoms with Crippen molar-refractivity contribution < 1.29 is 9.53 Å². The molecule has 1 aromatic rings. The highest BCUT2D eigenvalue weighted by molar-refractivity contribution is 5.95. The molecule has 1 aliphatic rings. The number of hydrogen-bond donors (Lipinski definition) is 1. The van der Waals surface area contributed by atoms with Gasteiger partial charge in [0.2, 0.25) is 0 Å². The normalized spacial score (nSPS) is 18.4. The lowest BCUT2D eigenvalue weighted by Gasteiger charge is -2.36. The SMILES string of the molecule is CCC(C)(C)C1CCC(=NNC(=O)c2ccc(OC)cc2)CC1. The third-order valence-electron chi connectivity index (χ3n) is 5.25. The van der Waals surface area contributed by atoms with Gasteiger partial charge in [-0.3, -0.25) is 4.79 Å². The molecule has 1 saturated carbocycles. The third-order valence-corrected chi connectivity index (χ3v) is 5.25. The number of amides is 1. The molecule has 0 aromatic heterocycles. The van der Waals surface area contributed by atoms with Gasteiger partial charge in [0.05, 0.1) is 7.11 Å². The first-order chi connectivity index (χ1) is 11.0. The second kappa shape index (κ2) is 7.62. The van der Waals surface area contributed by atoms with Crippen LogP contribution in [0.15, 0.2) is 29.4 Å². The number of nitrogens with zero attached hydrogens (tertiary/aromatic N) is 1. The van der Waals surface area contributed by atoms with E-state index in [-0.39, 0.29) is 5.91 Å². The van der Waals surface area contributed by atoms with E-state index in [0.717, 1.165) is 43.1 Å². The van der Waals surface area contributed by atoms with E-state index in [1.165, 1.54) is 6.42 Å². The number of rotatable bonds is 5. The molecule has 0 spiro atoms. The zero-order valence-corrected chi connectivity index (χ0v) is 14.7. The van der Waals surface area contributed by atoms with Crippen molar-refractivity contribution in [1.29, 1.82) is 0 Å². The predicted octanol–water partition coefficient (Wildman–Crippen LogP) is 4.41. The number of benzene rings is 1. The van der Waals surface area contributed by atoms with Crippen molar-refractivity contribution in [3.63, 3.8) is 0 Å². The first-order valence-corrected chi connectivity index (χ1v) is 8.46. The molecule has 1 aliphatic carbocycles. The largest absolute Gasteiger partial charge is 0.497 e. The Hall–Kier alpha value is -1.84. The second-order valence-electron chi connectivity index (χ2n) is 6.96. The summed E-state index contributed by atoms with van der Waals surface area (Å²) in [5, 5.41) is 4.33. The van der Waals surface area contributed by atoms with Crippen LogP contribution in [-0.4, -0.2) is 18.7 Å². The maximum atomic E-state index is 12.1. The molecule has 0 atom stereocenters. The fourth-order valence-electron chi connectivity index (χ4n) is 3.07. The van der Waals surface area contributed by atoms with Gasteiger partial charge >= 0.3 is 0 Å². The smallest absolute Gasteiger partial charge is 0.271 e. The number of hydrogen-bond acceptors (Lipinski definition) is 3. The van der Waals surface area contributed by atoms with Crippen LogP contribution in [0.25, 0.3) is 0 Å². The molecule has 1 aromatic carbocycles. The number of carbonyl (C=O) groups is 1. The number of ether oxygens (including phenoxy) is 1. The molecule has 4 heteroatoms. The highest BCUT2D eigenvalue weighted by atomic mass is 16.5. The van der Waals surface area contributed by atoms with Crippen LogP contribution in [0.2, 0.25) is 0 Å². The molecule has 23 heavy (non-hydrogen) atoms. The van der Waals surface area contributed by atoms with E-state index in [1.807, 2.05) is 0 Å². The molecule has 1 N–H and O–H groups in total. The fraction of sp³-hybridized carbons (Fsp3) is 0.579. The van der Waals surface area contributed by atoms with Crippen molar-refractivity contribution >= 4 is 11.6 Å².